The molecule has 28 heavy (non-hydrogen) atoms. The highest BCUT2D eigenvalue weighted by Gasteiger charge is 2.15. The van der Waals surface area contributed by atoms with Crippen molar-refractivity contribution in [3.8, 4) is 22.9 Å². The van der Waals surface area contributed by atoms with Gasteiger partial charge in [0.2, 0.25) is 5.88 Å². The lowest BCUT2D eigenvalue weighted by Gasteiger charge is -2.12. The Morgan fingerprint density at radius 3 is 2.50 bits per heavy atom. The molecule has 0 aliphatic rings. The first kappa shape index (κ1) is 19.3. The van der Waals surface area contributed by atoms with Gasteiger partial charge in [0.1, 0.15) is 11.4 Å². The summed E-state index contributed by atoms with van der Waals surface area (Å²) in [6.07, 6.45) is 1.52. The fourth-order valence-corrected chi connectivity index (χ4v) is 2.67. The van der Waals surface area contributed by atoms with Crippen LogP contribution in [0.25, 0.3) is 11.3 Å². The number of aromatic nitrogens is 2. The molecule has 0 atom stereocenters. The van der Waals surface area contributed by atoms with E-state index in [1.165, 1.54) is 13.3 Å². The van der Waals surface area contributed by atoms with Crippen molar-refractivity contribution in [2.24, 2.45) is 0 Å². The van der Waals surface area contributed by atoms with Gasteiger partial charge >= 0.3 is 0 Å². The van der Waals surface area contributed by atoms with Crippen molar-refractivity contribution in [3.05, 3.63) is 65.9 Å². The smallest absolute Gasteiger partial charge is 0.256 e. The first-order valence-corrected chi connectivity index (χ1v) is 8.59. The average Bonchev–Trinajstić information content (AvgIpc) is 2.74. The lowest BCUT2D eigenvalue weighted by atomic mass is 10.1. The lowest BCUT2D eigenvalue weighted by molar-refractivity contribution is 0.102. The second-order valence-electron chi connectivity index (χ2n) is 5.93. The van der Waals surface area contributed by atoms with Gasteiger partial charge in [-0.2, -0.15) is 4.98 Å². The fourth-order valence-electron chi connectivity index (χ4n) is 2.67. The summed E-state index contributed by atoms with van der Waals surface area (Å²) in [4.78, 5) is 21.5. The van der Waals surface area contributed by atoms with E-state index < -0.39 is 0 Å². The molecule has 144 valence electrons. The van der Waals surface area contributed by atoms with Crippen LogP contribution >= 0.6 is 0 Å². The summed E-state index contributed by atoms with van der Waals surface area (Å²) < 4.78 is 15.5. The Morgan fingerprint density at radius 2 is 1.82 bits per heavy atom. The minimum atomic E-state index is -0.306. The molecular formula is C21H21N3O4. The first-order valence-electron chi connectivity index (χ1n) is 8.59. The third kappa shape index (κ3) is 4.44. The second kappa shape index (κ2) is 8.96. The zero-order valence-electron chi connectivity index (χ0n) is 15.9. The second-order valence-corrected chi connectivity index (χ2v) is 5.93. The molecule has 0 saturated heterocycles. The van der Waals surface area contributed by atoms with Gasteiger partial charge in [-0.1, -0.05) is 18.2 Å². The summed E-state index contributed by atoms with van der Waals surface area (Å²) >= 11 is 0. The van der Waals surface area contributed by atoms with Gasteiger partial charge in [-0.05, 0) is 35.9 Å². The zero-order chi connectivity index (χ0) is 19.9. The quantitative estimate of drug-likeness (QED) is 0.676. The predicted molar refractivity (Wildman–Crippen MR) is 106 cm³/mol. The zero-order valence-corrected chi connectivity index (χ0v) is 15.9. The highest BCUT2D eigenvalue weighted by atomic mass is 16.5. The molecule has 7 nitrogen and oxygen atoms in total. The Hall–Kier alpha value is -3.45. The third-order valence-electron chi connectivity index (χ3n) is 4.06. The van der Waals surface area contributed by atoms with Crippen molar-refractivity contribution in [1.82, 2.24) is 9.97 Å². The van der Waals surface area contributed by atoms with Crippen LogP contribution < -0.4 is 14.8 Å². The van der Waals surface area contributed by atoms with Crippen LogP contribution in [-0.4, -0.2) is 37.2 Å². The molecule has 0 saturated carbocycles. The third-order valence-corrected chi connectivity index (χ3v) is 4.06. The van der Waals surface area contributed by atoms with Gasteiger partial charge in [-0.25, -0.2) is 4.98 Å². The van der Waals surface area contributed by atoms with E-state index in [0.29, 0.717) is 35.3 Å². The van der Waals surface area contributed by atoms with Gasteiger partial charge in [0.15, 0.2) is 5.82 Å². The molecule has 3 rings (SSSR count). The monoisotopic (exact) mass is 379 g/mol. The predicted octanol–water partition coefficient (Wildman–Crippen LogP) is 3.56. The molecular weight excluding hydrogens is 358 g/mol. The van der Waals surface area contributed by atoms with Crippen LogP contribution in [0.4, 0.5) is 5.82 Å². The van der Waals surface area contributed by atoms with E-state index in [1.54, 1.807) is 38.5 Å². The first-order chi connectivity index (χ1) is 13.6. The van der Waals surface area contributed by atoms with Gasteiger partial charge in [-0.15, -0.1) is 0 Å². The number of nitrogens with one attached hydrogen (secondary N) is 1. The molecule has 7 heteroatoms. The Labute approximate surface area is 163 Å². The van der Waals surface area contributed by atoms with E-state index in [1.807, 2.05) is 24.3 Å². The summed E-state index contributed by atoms with van der Waals surface area (Å²) in [6, 6.07) is 14.5. The summed E-state index contributed by atoms with van der Waals surface area (Å²) in [5.41, 5.74) is 2.82. The largest absolute Gasteiger partial charge is 0.497 e. The van der Waals surface area contributed by atoms with Gasteiger partial charge in [-0.3, -0.25) is 4.79 Å². The van der Waals surface area contributed by atoms with Crippen molar-refractivity contribution in [2.75, 3.05) is 26.6 Å². The van der Waals surface area contributed by atoms with Gasteiger partial charge in [0, 0.05) is 18.2 Å². The van der Waals surface area contributed by atoms with Crippen molar-refractivity contribution in [3.63, 3.8) is 0 Å². The topological polar surface area (TPSA) is 82.6 Å². The van der Waals surface area contributed by atoms with Crippen LogP contribution in [-0.2, 0) is 11.3 Å². The molecule has 0 aliphatic carbocycles. The fraction of sp³-hybridized carbons (Fsp3) is 0.190. The van der Waals surface area contributed by atoms with E-state index in [-0.39, 0.29) is 5.91 Å². The Bertz CT molecular complexity index is 958. The Kier molecular flexibility index (Phi) is 6.18. The molecule has 0 unspecified atom stereocenters. The summed E-state index contributed by atoms with van der Waals surface area (Å²) in [7, 11) is 4.71. The van der Waals surface area contributed by atoms with Crippen LogP contribution in [0.5, 0.6) is 11.6 Å². The molecule has 0 radical (unpaired) electrons. The van der Waals surface area contributed by atoms with Crippen LogP contribution in [0.1, 0.15) is 15.9 Å². The van der Waals surface area contributed by atoms with Crippen LogP contribution in [0.3, 0.4) is 0 Å². The van der Waals surface area contributed by atoms with Crippen LogP contribution in [0.2, 0.25) is 0 Å². The SMILES string of the molecule is COCc1cccc(-c2ncc(OC)nc2NC(=O)c2ccc(OC)cc2)c1. The highest BCUT2D eigenvalue weighted by Crippen LogP contribution is 2.27. The minimum absolute atomic E-state index is 0.306. The molecule has 2 aromatic carbocycles. The minimum Gasteiger partial charge on any atom is -0.497 e. The summed E-state index contributed by atoms with van der Waals surface area (Å²) in [6.45, 7) is 0.477. The number of carbonyl (C=O) groups excluding carboxylic acids is 1. The van der Waals surface area contributed by atoms with Crippen molar-refractivity contribution in [1.29, 1.82) is 0 Å². The summed E-state index contributed by atoms with van der Waals surface area (Å²) in [5, 5.41) is 2.82. The molecule has 0 bridgehead atoms. The molecule has 1 aromatic heterocycles. The summed E-state index contributed by atoms with van der Waals surface area (Å²) in [5.74, 6) is 0.990. The number of hydrogen-bond acceptors (Lipinski definition) is 6. The average molecular weight is 379 g/mol. The number of amides is 1. The highest BCUT2D eigenvalue weighted by molar-refractivity contribution is 6.05. The number of rotatable bonds is 7. The van der Waals surface area contributed by atoms with Crippen molar-refractivity contribution >= 4 is 11.7 Å². The van der Waals surface area contributed by atoms with Gasteiger partial charge in [0.05, 0.1) is 27.0 Å². The van der Waals surface area contributed by atoms with E-state index in [0.717, 1.165) is 11.1 Å². The van der Waals surface area contributed by atoms with Gasteiger partial charge < -0.3 is 19.5 Å². The molecule has 0 fully saturated rings. The van der Waals surface area contributed by atoms with Crippen molar-refractivity contribution in [2.45, 2.75) is 6.61 Å². The van der Waals surface area contributed by atoms with E-state index in [4.69, 9.17) is 14.2 Å². The van der Waals surface area contributed by atoms with Crippen LogP contribution in [0.15, 0.2) is 54.7 Å². The number of nitrogens with zero attached hydrogens (tertiary/aromatic N) is 2. The maximum Gasteiger partial charge on any atom is 0.256 e. The molecule has 1 amide bonds. The number of anilines is 1. The van der Waals surface area contributed by atoms with Crippen molar-refractivity contribution < 1.29 is 19.0 Å². The molecule has 3 aromatic rings. The number of hydrogen-bond donors (Lipinski definition) is 1. The number of carbonyl (C=O) groups is 1. The molecule has 1 heterocycles. The Morgan fingerprint density at radius 1 is 1.04 bits per heavy atom. The van der Waals surface area contributed by atoms with E-state index in [9.17, 15) is 4.79 Å². The molecule has 0 aliphatic heterocycles. The number of methoxy groups -OCH3 is 3. The Balaban J connectivity index is 1.94. The normalized spacial score (nSPS) is 10.4. The maximum absolute atomic E-state index is 12.7. The molecule has 0 spiro atoms. The van der Waals surface area contributed by atoms with E-state index >= 15 is 0 Å². The maximum atomic E-state index is 12.7. The van der Waals surface area contributed by atoms with Gasteiger partial charge in [0.25, 0.3) is 5.91 Å². The number of ether oxygens (including phenoxy) is 3. The van der Waals surface area contributed by atoms with E-state index in [2.05, 4.69) is 15.3 Å². The standard InChI is InChI=1S/C21H21N3O4/c1-26-13-14-5-4-6-16(11-14)19-20(23-18(28-3)12-22-19)24-21(25)15-7-9-17(27-2)10-8-15/h4-12H,13H2,1-3H3,(H,23,24,25). The molecule has 1 N–H and O–H groups in total. The number of benzene rings is 2. The lowest BCUT2D eigenvalue weighted by Crippen LogP contribution is -2.14. The van der Waals surface area contributed by atoms with Crippen LogP contribution in [0, 0.1) is 0 Å².